The molecule has 1 aromatic heterocycles. The first-order chi connectivity index (χ1) is 12.5. The lowest BCUT2D eigenvalue weighted by Gasteiger charge is -2.22. The second-order valence-electron chi connectivity index (χ2n) is 7.09. The molecule has 2 rings (SSSR count). The maximum Gasteiger partial charge on any atom is 0.191 e. The average molecular weight is 354 g/mol. The van der Waals surface area contributed by atoms with Crippen molar-refractivity contribution in [2.24, 2.45) is 4.99 Å². The van der Waals surface area contributed by atoms with Crippen LogP contribution in [0.25, 0.3) is 0 Å². The van der Waals surface area contributed by atoms with Crippen LogP contribution in [0.15, 0.2) is 53.7 Å². The number of nitrogens with zero attached hydrogens (tertiary/aromatic N) is 2. The van der Waals surface area contributed by atoms with E-state index < -0.39 is 0 Å². The zero-order valence-electron chi connectivity index (χ0n) is 16.2. The third-order valence-electron chi connectivity index (χ3n) is 3.97. The van der Waals surface area contributed by atoms with Gasteiger partial charge in [-0.3, -0.25) is 9.98 Å². The maximum atomic E-state index is 5.98. The molecule has 0 radical (unpaired) electrons. The van der Waals surface area contributed by atoms with Gasteiger partial charge in [-0.15, -0.1) is 0 Å². The summed E-state index contributed by atoms with van der Waals surface area (Å²) in [5.41, 5.74) is 2.35. The van der Waals surface area contributed by atoms with Crippen LogP contribution >= 0.6 is 0 Å². The monoisotopic (exact) mass is 354 g/mol. The first-order valence-corrected chi connectivity index (χ1v) is 9.07. The topological polar surface area (TPSA) is 58.5 Å². The summed E-state index contributed by atoms with van der Waals surface area (Å²) >= 11 is 0. The molecule has 0 bridgehead atoms. The lowest BCUT2D eigenvalue weighted by atomic mass is 9.86. The van der Waals surface area contributed by atoms with Gasteiger partial charge in [-0.2, -0.15) is 0 Å². The third kappa shape index (κ3) is 6.39. The van der Waals surface area contributed by atoms with E-state index in [-0.39, 0.29) is 5.41 Å². The molecule has 0 saturated heterocycles. The minimum absolute atomic E-state index is 0.0626. The number of guanidine groups is 1. The number of hydrogen-bond acceptors (Lipinski definition) is 3. The zero-order chi connectivity index (χ0) is 18.8. The lowest BCUT2D eigenvalue weighted by molar-refractivity contribution is 0.313. The average Bonchev–Trinajstić information content (AvgIpc) is 2.64. The summed E-state index contributed by atoms with van der Waals surface area (Å²) in [6.07, 6.45) is 2.67. The van der Waals surface area contributed by atoms with Crippen LogP contribution in [0.5, 0.6) is 5.75 Å². The third-order valence-corrected chi connectivity index (χ3v) is 3.97. The summed E-state index contributed by atoms with van der Waals surface area (Å²) in [5.74, 6) is 1.72. The molecule has 140 valence electrons. The molecule has 0 aliphatic rings. The van der Waals surface area contributed by atoms with Crippen molar-refractivity contribution in [2.75, 3.05) is 26.7 Å². The Morgan fingerprint density at radius 3 is 2.46 bits per heavy atom. The normalized spacial score (nSPS) is 11.9. The Kier molecular flexibility index (Phi) is 7.45. The van der Waals surface area contributed by atoms with Crippen molar-refractivity contribution in [3.8, 4) is 5.75 Å². The van der Waals surface area contributed by atoms with Gasteiger partial charge in [-0.25, -0.2) is 0 Å². The van der Waals surface area contributed by atoms with Crippen molar-refractivity contribution in [3.05, 3.63) is 59.9 Å². The van der Waals surface area contributed by atoms with E-state index in [1.54, 1.807) is 7.05 Å². The van der Waals surface area contributed by atoms with Gasteiger partial charge in [0.2, 0.25) is 0 Å². The first-order valence-electron chi connectivity index (χ1n) is 9.07. The molecule has 5 heteroatoms. The van der Waals surface area contributed by atoms with Crippen molar-refractivity contribution in [1.29, 1.82) is 0 Å². The Labute approximate surface area is 156 Å². The number of ether oxygens (including phenoxy) is 1. The fourth-order valence-corrected chi connectivity index (χ4v) is 2.62. The number of pyridine rings is 1. The van der Waals surface area contributed by atoms with Crippen LogP contribution in [0.4, 0.5) is 0 Å². The predicted molar refractivity (Wildman–Crippen MR) is 108 cm³/mol. The molecule has 0 aliphatic heterocycles. The number of aliphatic imine (C=N–C) groups is 1. The smallest absolute Gasteiger partial charge is 0.191 e. The molecule has 0 amide bonds. The fourth-order valence-electron chi connectivity index (χ4n) is 2.62. The highest BCUT2D eigenvalue weighted by Gasteiger charge is 2.18. The summed E-state index contributed by atoms with van der Waals surface area (Å²) in [6.45, 7) is 8.63. The molecule has 0 aliphatic carbocycles. The van der Waals surface area contributed by atoms with E-state index in [9.17, 15) is 0 Å². The van der Waals surface area contributed by atoms with Crippen LogP contribution in [-0.4, -0.2) is 37.7 Å². The first kappa shape index (κ1) is 19.8. The van der Waals surface area contributed by atoms with Gasteiger partial charge in [0, 0.05) is 31.9 Å². The number of rotatable bonds is 7. The van der Waals surface area contributed by atoms with Crippen LogP contribution in [0.2, 0.25) is 0 Å². The van der Waals surface area contributed by atoms with Crippen molar-refractivity contribution >= 4 is 5.96 Å². The standard InChI is InChI=1S/C21H30N4O/c1-21(2,3)18-10-5-6-11-19(18)26-16-15-25-20(22-4)24-14-12-17-9-7-8-13-23-17/h5-11,13H,12,14-16H2,1-4H3,(H2,22,24,25). The van der Waals surface area contributed by atoms with E-state index in [0.29, 0.717) is 13.2 Å². The summed E-state index contributed by atoms with van der Waals surface area (Å²) in [7, 11) is 1.77. The van der Waals surface area contributed by atoms with Crippen molar-refractivity contribution in [1.82, 2.24) is 15.6 Å². The minimum atomic E-state index is 0.0626. The van der Waals surface area contributed by atoms with Crippen LogP contribution in [0, 0.1) is 0 Å². The lowest BCUT2D eigenvalue weighted by Crippen LogP contribution is -2.40. The summed E-state index contributed by atoms with van der Waals surface area (Å²) < 4.78 is 5.98. The quantitative estimate of drug-likeness (QED) is 0.455. The number of hydrogen-bond donors (Lipinski definition) is 2. The molecule has 1 aromatic carbocycles. The Hall–Kier alpha value is -2.56. The van der Waals surface area contributed by atoms with Gasteiger partial charge in [0.1, 0.15) is 12.4 Å². The molecule has 0 atom stereocenters. The van der Waals surface area contributed by atoms with Gasteiger partial charge in [0.25, 0.3) is 0 Å². The molecule has 0 saturated carbocycles. The Morgan fingerprint density at radius 2 is 1.77 bits per heavy atom. The summed E-state index contributed by atoms with van der Waals surface area (Å²) in [4.78, 5) is 8.56. The molecular formula is C21H30N4O. The molecule has 26 heavy (non-hydrogen) atoms. The van der Waals surface area contributed by atoms with E-state index in [1.807, 2.05) is 36.5 Å². The molecule has 1 heterocycles. The molecule has 2 aromatic rings. The Balaban J connectivity index is 1.73. The van der Waals surface area contributed by atoms with Crippen molar-refractivity contribution < 1.29 is 4.74 Å². The summed E-state index contributed by atoms with van der Waals surface area (Å²) in [6, 6.07) is 14.2. The van der Waals surface area contributed by atoms with Crippen molar-refractivity contribution in [2.45, 2.75) is 32.6 Å². The van der Waals surface area contributed by atoms with Gasteiger partial charge >= 0.3 is 0 Å². The molecule has 0 fully saturated rings. The zero-order valence-corrected chi connectivity index (χ0v) is 16.2. The van der Waals surface area contributed by atoms with E-state index >= 15 is 0 Å². The highest BCUT2D eigenvalue weighted by Crippen LogP contribution is 2.30. The fraction of sp³-hybridized carbons (Fsp3) is 0.429. The van der Waals surface area contributed by atoms with E-state index in [4.69, 9.17) is 4.74 Å². The number of aromatic nitrogens is 1. The van der Waals surface area contributed by atoms with Gasteiger partial charge < -0.3 is 15.4 Å². The molecule has 0 spiro atoms. The van der Waals surface area contributed by atoms with E-state index in [0.717, 1.165) is 30.4 Å². The van der Waals surface area contributed by atoms with Crippen LogP contribution < -0.4 is 15.4 Å². The van der Waals surface area contributed by atoms with E-state index in [1.165, 1.54) is 5.56 Å². The minimum Gasteiger partial charge on any atom is -0.491 e. The van der Waals surface area contributed by atoms with Gasteiger partial charge in [0.15, 0.2) is 5.96 Å². The molecule has 0 unspecified atom stereocenters. The highest BCUT2D eigenvalue weighted by atomic mass is 16.5. The second kappa shape index (κ2) is 9.80. The van der Waals surface area contributed by atoms with Gasteiger partial charge in [-0.05, 0) is 29.2 Å². The maximum absolute atomic E-state index is 5.98. The van der Waals surface area contributed by atoms with Crippen molar-refractivity contribution in [3.63, 3.8) is 0 Å². The SMILES string of the molecule is CN=C(NCCOc1ccccc1C(C)(C)C)NCCc1ccccn1. The molecule has 2 N–H and O–H groups in total. The number of benzene rings is 1. The summed E-state index contributed by atoms with van der Waals surface area (Å²) in [5, 5.41) is 6.57. The Morgan fingerprint density at radius 1 is 1.04 bits per heavy atom. The van der Waals surface area contributed by atoms with Gasteiger partial charge in [0.05, 0.1) is 6.54 Å². The van der Waals surface area contributed by atoms with E-state index in [2.05, 4.69) is 53.5 Å². The van der Waals surface area contributed by atoms with Gasteiger partial charge in [-0.1, -0.05) is 45.0 Å². The highest BCUT2D eigenvalue weighted by molar-refractivity contribution is 5.79. The second-order valence-corrected chi connectivity index (χ2v) is 7.09. The molecule has 5 nitrogen and oxygen atoms in total. The predicted octanol–water partition coefficient (Wildman–Crippen LogP) is 3.17. The van der Waals surface area contributed by atoms with Crippen LogP contribution in [0.3, 0.4) is 0 Å². The number of para-hydroxylation sites is 1. The molecular weight excluding hydrogens is 324 g/mol. The number of nitrogens with one attached hydrogen (secondary N) is 2. The Bertz CT molecular complexity index is 693. The largest absolute Gasteiger partial charge is 0.491 e. The van der Waals surface area contributed by atoms with Crippen LogP contribution in [-0.2, 0) is 11.8 Å². The van der Waals surface area contributed by atoms with Crippen LogP contribution in [0.1, 0.15) is 32.0 Å².